The molecule has 0 aromatic rings. The SMILES string of the molecule is CC(CO)SC(C)CC(C)(C#N)NC1CC1. The number of nitriles is 1. The number of aliphatic hydroxyl groups is 1. The van der Waals surface area contributed by atoms with Crippen LogP contribution < -0.4 is 5.32 Å². The van der Waals surface area contributed by atoms with Crippen molar-refractivity contribution in [3.8, 4) is 6.07 Å². The third-order valence-electron chi connectivity index (χ3n) is 2.76. The molecule has 0 heterocycles. The van der Waals surface area contributed by atoms with Crippen molar-refractivity contribution < 1.29 is 5.11 Å². The molecule has 16 heavy (non-hydrogen) atoms. The highest BCUT2D eigenvalue weighted by Gasteiger charge is 2.33. The Morgan fingerprint density at radius 2 is 2.12 bits per heavy atom. The summed E-state index contributed by atoms with van der Waals surface area (Å²) in [6, 6.07) is 2.94. The van der Waals surface area contributed by atoms with Crippen LogP contribution in [0.2, 0.25) is 0 Å². The maximum absolute atomic E-state index is 9.23. The molecule has 0 aromatic carbocycles. The maximum Gasteiger partial charge on any atom is 0.105 e. The van der Waals surface area contributed by atoms with Crippen molar-refractivity contribution in [2.24, 2.45) is 0 Å². The Labute approximate surface area is 103 Å². The molecular formula is C12H22N2OS. The topological polar surface area (TPSA) is 56.0 Å². The van der Waals surface area contributed by atoms with Crippen LogP contribution in [-0.4, -0.2) is 33.8 Å². The van der Waals surface area contributed by atoms with Gasteiger partial charge in [0.25, 0.3) is 0 Å². The third-order valence-corrected chi connectivity index (χ3v) is 4.01. The lowest BCUT2D eigenvalue weighted by molar-refractivity contribution is 0.299. The minimum Gasteiger partial charge on any atom is -0.395 e. The van der Waals surface area contributed by atoms with E-state index in [0.717, 1.165) is 6.42 Å². The maximum atomic E-state index is 9.23. The van der Waals surface area contributed by atoms with Gasteiger partial charge in [-0.1, -0.05) is 13.8 Å². The van der Waals surface area contributed by atoms with Gasteiger partial charge in [0.2, 0.25) is 0 Å². The second kappa shape index (κ2) is 5.90. The number of nitrogens with one attached hydrogen (secondary N) is 1. The van der Waals surface area contributed by atoms with E-state index in [2.05, 4.69) is 18.3 Å². The molecule has 0 aliphatic heterocycles. The van der Waals surface area contributed by atoms with Crippen LogP contribution in [0.3, 0.4) is 0 Å². The van der Waals surface area contributed by atoms with E-state index in [-0.39, 0.29) is 11.9 Å². The van der Waals surface area contributed by atoms with Crippen LogP contribution in [0.4, 0.5) is 0 Å². The quantitative estimate of drug-likeness (QED) is 0.716. The summed E-state index contributed by atoms with van der Waals surface area (Å²) in [5, 5.41) is 22.3. The molecule has 3 unspecified atom stereocenters. The van der Waals surface area contributed by atoms with E-state index in [1.54, 1.807) is 11.8 Å². The molecule has 1 fully saturated rings. The van der Waals surface area contributed by atoms with Crippen LogP contribution in [0.5, 0.6) is 0 Å². The summed E-state index contributed by atoms with van der Waals surface area (Å²) in [5.41, 5.74) is -0.414. The van der Waals surface area contributed by atoms with Gasteiger partial charge in [-0.3, -0.25) is 5.32 Å². The standard InChI is InChI=1S/C12H22N2OS/c1-9(16-10(2)7-15)6-12(3,8-13)14-11-4-5-11/h9-11,14-15H,4-7H2,1-3H3. The number of hydrogen-bond acceptors (Lipinski definition) is 4. The highest BCUT2D eigenvalue weighted by molar-refractivity contribution is 8.00. The average molecular weight is 242 g/mol. The number of thioether (sulfide) groups is 1. The van der Waals surface area contributed by atoms with Crippen molar-refractivity contribution in [2.45, 2.75) is 62.1 Å². The van der Waals surface area contributed by atoms with Crippen molar-refractivity contribution >= 4 is 11.8 Å². The van der Waals surface area contributed by atoms with Crippen molar-refractivity contribution in [2.75, 3.05) is 6.61 Å². The molecule has 0 amide bonds. The molecule has 0 radical (unpaired) electrons. The Kier molecular flexibility index (Phi) is 5.10. The minimum absolute atomic E-state index is 0.203. The number of nitrogens with zero attached hydrogens (tertiary/aromatic N) is 1. The molecule has 0 saturated heterocycles. The molecule has 3 nitrogen and oxygen atoms in total. The zero-order valence-corrected chi connectivity index (χ0v) is 11.2. The monoisotopic (exact) mass is 242 g/mol. The molecule has 4 heteroatoms. The molecule has 1 aliphatic carbocycles. The van der Waals surface area contributed by atoms with Crippen LogP contribution in [0.1, 0.15) is 40.0 Å². The fourth-order valence-electron chi connectivity index (χ4n) is 1.88. The fraction of sp³-hybridized carbons (Fsp3) is 0.917. The first-order valence-electron chi connectivity index (χ1n) is 5.94. The van der Waals surface area contributed by atoms with Gasteiger partial charge < -0.3 is 5.11 Å². The summed E-state index contributed by atoms with van der Waals surface area (Å²) in [6.45, 7) is 6.32. The highest BCUT2D eigenvalue weighted by atomic mass is 32.2. The number of aliphatic hydroxyl groups excluding tert-OH is 1. The van der Waals surface area contributed by atoms with E-state index in [4.69, 9.17) is 5.11 Å². The first kappa shape index (κ1) is 13.8. The van der Waals surface area contributed by atoms with Crippen LogP contribution in [-0.2, 0) is 0 Å². The molecule has 3 atom stereocenters. The summed E-state index contributed by atoms with van der Waals surface area (Å²) in [5.74, 6) is 0. The molecule has 1 aliphatic rings. The van der Waals surface area contributed by atoms with Crippen molar-refractivity contribution in [1.82, 2.24) is 5.32 Å². The second-order valence-electron chi connectivity index (χ2n) is 5.01. The highest BCUT2D eigenvalue weighted by Crippen LogP contribution is 2.28. The van der Waals surface area contributed by atoms with Crippen LogP contribution >= 0.6 is 11.8 Å². The predicted molar refractivity (Wildman–Crippen MR) is 68.4 cm³/mol. The Hall–Kier alpha value is -0.240. The summed E-state index contributed by atoms with van der Waals surface area (Å²) in [6.07, 6.45) is 3.23. The van der Waals surface area contributed by atoms with Crippen LogP contribution in [0, 0.1) is 11.3 Å². The Morgan fingerprint density at radius 3 is 2.56 bits per heavy atom. The van der Waals surface area contributed by atoms with Crippen molar-refractivity contribution in [3.63, 3.8) is 0 Å². The van der Waals surface area contributed by atoms with E-state index < -0.39 is 5.54 Å². The third kappa shape index (κ3) is 4.73. The molecule has 2 N–H and O–H groups in total. The summed E-state index contributed by atoms with van der Waals surface area (Å²) in [4.78, 5) is 0. The van der Waals surface area contributed by atoms with Gasteiger partial charge in [-0.15, -0.1) is 0 Å². The average Bonchev–Trinajstić information content (AvgIpc) is 3.00. The molecule has 0 bridgehead atoms. The number of hydrogen-bond donors (Lipinski definition) is 2. The Bertz CT molecular complexity index is 262. The van der Waals surface area contributed by atoms with E-state index in [9.17, 15) is 5.26 Å². The summed E-state index contributed by atoms with van der Waals surface area (Å²) in [7, 11) is 0. The zero-order chi connectivity index (χ0) is 12.2. The Morgan fingerprint density at radius 1 is 1.50 bits per heavy atom. The minimum atomic E-state index is -0.414. The van der Waals surface area contributed by atoms with Gasteiger partial charge in [-0.05, 0) is 26.2 Å². The molecule has 0 spiro atoms. The van der Waals surface area contributed by atoms with E-state index >= 15 is 0 Å². The smallest absolute Gasteiger partial charge is 0.105 e. The van der Waals surface area contributed by atoms with Gasteiger partial charge in [0.05, 0.1) is 12.7 Å². The Balaban J connectivity index is 2.39. The van der Waals surface area contributed by atoms with Gasteiger partial charge in [-0.25, -0.2) is 0 Å². The lowest BCUT2D eigenvalue weighted by Gasteiger charge is -2.27. The summed E-state index contributed by atoms with van der Waals surface area (Å²) >= 11 is 1.75. The molecule has 1 saturated carbocycles. The van der Waals surface area contributed by atoms with Crippen molar-refractivity contribution in [1.29, 1.82) is 5.26 Å². The second-order valence-corrected chi connectivity index (χ2v) is 6.89. The van der Waals surface area contributed by atoms with Gasteiger partial charge in [0.1, 0.15) is 5.54 Å². The lowest BCUT2D eigenvalue weighted by atomic mass is 9.98. The van der Waals surface area contributed by atoms with Crippen LogP contribution in [0.25, 0.3) is 0 Å². The van der Waals surface area contributed by atoms with Gasteiger partial charge >= 0.3 is 0 Å². The predicted octanol–water partition coefficient (Wildman–Crippen LogP) is 1.91. The first-order valence-corrected chi connectivity index (χ1v) is 6.88. The van der Waals surface area contributed by atoms with Crippen LogP contribution in [0.15, 0.2) is 0 Å². The van der Waals surface area contributed by atoms with Crippen molar-refractivity contribution in [3.05, 3.63) is 0 Å². The van der Waals surface area contributed by atoms with E-state index in [0.29, 0.717) is 11.3 Å². The van der Waals surface area contributed by atoms with Gasteiger partial charge in [-0.2, -0.15) is 17.0 Å². The van der Waals surface area contributed by atoms with E-state index in [1.807, 2.05) is 13.8 Å². The van der Waals surface area contributed by atoms with Gasteiger partial charge in [0.15, 0.2) is 0 Å². The summed E-state index contributed by atoms with van der Waals surface area (Å²) < 4.78 is 0. The fourth-order valence-corrected chi connectivity index (χ4v) is 3.19. The molecule has 92 valence electrons. The molecule has 1 rings (SSSR count). The first-order chi connectivity index (χ1) is 7.49. The van der Waals surface area contributed by atoms with Gasteiger partial charge in [0, 0.05) is 16.5 Å². The zero-order valence-electron chi connectivity index (χ0n) is 10.4. The molecule has 0 aromatic heterocycles. The van der Waals surface area contributed by atoms with E-state index in [1.165, 1.54) is 12.8 Å². The molecular weight excluding hydrogens is 220 g/mol. The normalized spacial score (nSPS) is 23.2. The largest absolute Gasteiger partial charge is 0.395 e. The lowest BCUT2D eigenvalue weighted by Crippen LogP contribution is -2.44. The number of rotatable bonds is 7.